The van der Waals surface area contributed by atoms with Crippen LogP contribution < -0.4 is 10.1 Å². The third-order valence-corrected chi connectivity index (χ3v) is 6.09. The van der Waals surface area contributed by atoms with Crippen molar-refractivity contribution in [3.05, 3.63) is 99.5 Å². The monoisotopic (exact) mass is 508 g/mol. The molecular weight excluding hydrogens is 480 g/mol. The molecule has 0 aliphatic heterocycles. The number of nitrogens with one attached hydrogen (secondary N) is 1. The van der Waals surface area contributed by atoms with Gasteiger partial charge in [0.1, 0.15) is 11.8 Å². The molecule has 5 nitrogen and oxygen atoms in total. The summed E-state index contributed by atoms with van der Waals surface area (Å²) in [6.07, 6.45) is 0.407. The summed E-state index contributed by atoms with van der Waals surface area (Å²) in [5, 5.41) is 2.72. The van der Waals surface area contributed by atoms with Crippen molar-refractivity contribution in [3.63, 3.8) is 0 Å². The number of hydrogen-bond donors (Lipinski definition) is 1. The molecule has 3 aromatic rings. The van der Waals surface area contributed by atoms with Crippen LogP contribution in [-0.4, -0.2) is 36.4 Å². The van der Waals surface area contributed by atoms with Crippen molar-refractivity contribution in [2.75, 3.05) is 13.7 Å². The minimum absolute atomic E-state index is 0.154. The second-order valence-electron chi connectivity index (χ2n) is 8.01. The van der Waals surface area contributed by atoms with Gasteiger partial charge >= 0.3 is 0 Å². The van der Waals surface area contributed by atoms with E-state index in [2.05, 4.69) is 21.2 Å². The van der Waals surface area contributed by atoms with E-state index in [9.17, 15) is 9.59 Å². The summed E-state index contributed by atoms with van der Waals surface area (Å²) in [6, 6.07) is 22.5. The second kappa shape index (κ2) is 11.7. The van der Waals surface area contributed by atoms with Crippen molar-refractivity contribution in [1.29, 1.82) is 0 Å². The smallest absolute Gasteiger partial charge is 0.261 e. The van der Waals surface area contributed by atoms with E-state index in [-0.39, 0.29) is 18.4 Å². The molecule has 33 heavy (non-hydrogen) atoms. The molecule has 6 heteroatoms. The Morgan fingerprint density at radius 2 is 1.67 bits per heavy atom. The summed E-state index contributed by atoms with van der Waals surface area (Å²) in [4.78, 5) is 27.9. The number of carbonyl (C=O) groups excluding carboxylic acids is 2. The molecule has 172 valence electrons. The van der Waals surface area contributed by atoms with E-state index in [4.69, 9.17) is 4.74 Å². The molecule has 0 aliphatic rings. The molecule has 0 aromatic heterocycles. The molecule has 1 N–H and O–H groups in total. The van der Waals surface area contributed by atoms with Crippen molar-refractivity contribution in [1.82, 2.24) is 10.2 Å². The first-order valence-corrected chi connectivity index (χ1v) is 11.7. The number of aryl methyl sites for hydroxylation is 2. The lowest BCUT2D eigenvalue weighted by Crippen LogP contribution is -2.51. The van der Waals surface area contributed by atoms with Gasteiger partial charge in [-0.2, -0.15) is 0 Å². The van der Waals surface area contributed by atoms with Crippen LogP contribution in [0.4, 0.5) is 0 Å². The summed E-state index contributed by atoms with van der Waals surface area (Å²) < 4.78 is 6.74. The van der Waals surface area contributed by atoms with Gasteiger partial charge in [-0.25, -0.2) is 0 Å². The summed E-state index contributed by atoms with van der Waals surface area (Å²) in [5.41, 5.74) is 4.16. The molecule has 0 heterocycles. The fourth-order valence-electron chi connectivity index (χ4n) is 3.58. The number of carbonyl (C=O) groups is 2. The first-order valence-electron chi connectivity index (χ1n) is 10.9. The fraction of sp³-hybridized carbons (Fsp3) is 0.259. The minimum atomic E-state index is -0.674. The van der Waals surface area contributed by atoms with Crippen LogP contribution in [0.2, 0.25) is 0 Å². The Hall–Kier alpha value is -3.12. The lowest BCUT2D eigenvalue weighted by molar-refractivity contribution is -0.142. The normalized spacial score (nSPS) is 11.5. The summed E-state index contributed by atoms with van der Waals surface area (Å²) >= 11 is 3.49. The zero-order chi connectivity index (χ0) is 23.8. The van der Waals surface area contributed by atoms with Crippen LogP contribution in [0.3, 0.4) is 0 Å². The average molecular weight is 509 g/mol. The first-order chi connectivity index (χ1) is 15.9. The SMILES string of the molecule is CNC(=O)[C@@H](Cc1ccccc1)N(Cc1cccc(Br)c1)C(=O)COc1ccc(C)c(C)c1. The molecule has 0 spiro atoms. The second-order valence-corrected chi connectivity index (χ2v) is 8.92. The molecule has 0 saturated heterocycles. The highest BCUT2D eigenvalue weighted by atomic mass is 79.9. The number of amides is 2. The van der Waals surface area contributed by atoms with Gasteiger partial charge in [0.25, 0.3) is 5.91 Å². The molecule has 0 fully saturated rings. The fourth-order valence-corrected chi connectivity index (χ4v) is 4.03. The van der Waals surface area contributed by atoms with Gasteiger partial charge in [-0.15, -0.1) is 0 Å². The van der Waals surface area contributed by atoms with Gasteiger partial charge in [-0.1, -0.05) is 64.5 Å². The van der Waals surface area contributed by atoms with Crippen LogP contribution in [0.1, 0.15) is 22.3 Å². The predicted molar refractivity (Wildman–Crippen MR) is 134 cm³/mol. The Morgan fingerprint density at radius 1 is 0.939 bits per heavy atom. The van der Waals surface area contributed by atoms with Crippen molar-refractivity contribution in [2.24, 2.45) is 0 Å². The Labute approximate surface area is 203 Å². The Morgan fingerprint density at radius 3 is 2.33 bits per heavy atom. The third kappa shape index (κ3) is 6.93. The largest absolute Gasteiger partial charge is 0.484 e. The molecule has 0 unspecified atom stereocenters. The Kier molecular flexibility index (Phi) is 8.66. The molecule has 3 rings (SSSR count). The van der Waals surface area contributed by atoms with Crippen LogP contribution in [0, 0.1) is 13.8 Å². The third-order valence-electron chi connectivity index (χ3n) is 5.60. The molecule has 0 radical (unpaired) electrons. The van der Waals surface area contributed by atoms with Gasteiger partial charge in [-0.3, -0.25) is 9.59 Å². The summed E-state index contributed by atoms with van der Waals surface area (Å²) in [5.74, 6) is 0.166. The highest BCUT2D eigenvalue weighted by Gasteiger charge is 2.30. The summed E-state index contributed by atoms with van der Waals surface area (Å²) in [7, 11) is 1.59. The van der Waals surface area contributed by atoms with Gasteiger partial charge in [-0.05, 0) is 60.4 Å². The highest BCUT2D eigenvalue weighted by molar-refractivity contribution is 9.10. The van der Waals surface area contributed by atoms with Gasteiger partial charge in [0, 0.05) is 24.5 Å². The van der Waals surface area contributed by atoms with Crippen molar-refractivity contribution in [3.8, 4) is 5.75 Å². The maximum absolute atomic E-state index is 13.4. The molecule has 0 aliphatic carbocycles. The maximum atomic E-state index is 13.4. The molecule has 2 amide bonds. The Bertz CT molecular complexity index is 1100. The van der Waals surface area contributed by atoms with E-state index < -0.39 is 6.04 Å². The molecule has 0 saturated carbocycles. The zero-order valence-corrected chi connectivity index (χ0v) is 20.8. The van der Waals surface area contributed by atoms with Crippen LogP contribution in [0.5, 0.6) is 5.75 Å². The summed E-state index contributed by atoms with van der Waals surface area (Å²) in [6.45, 7) is 4.17. The maximum Gasteiger partial charge on any atom is 0.261 e. The number of rotatable bonds is 9. The number of ether oxygens (including phenoxy) is 1. The van der Waals surface area contributed by atoms with Gasteiger partial charge < -0.3 is 15.0 Å². The molecule has 3 aromatic carbocycles. The van der Waals surface area contributed by atoms with Gasteiger partial charge in [0.15, 0.2) is 6.61 Å². The van der Waals surface area contributed by atoms with E-state index in [0.29, 0.717) is 18.7 Å². The topological polar surface area (TPSA) is 58.6 Å². The van der Waals surface area contributed by atoms with E-state index in [1.165, 1.54) is 0 Å². The van der Waals surface area contributed by atoms with E-state index in [1.807, 2.05) is 86.6 Å². The highest BCUT2D eigenvalue weighted by Crippen LogP contribution is 2.20. The van der Waals surface area contributed by atoms with Gasteiger partial charge in [0.05, 0.1) is 0 Å². The number of likely N-dealkylation sites (N-methyl/N-ethyl adjacent to an activating group) is 1. The van der Waals surface area contributed by atoms with Crippen LogP contribution >= 0.6 is 15.9 Å². The molecule has 1 atom stereocenters. The van der Waals surface area contributed by atoms with E-state index in [1.54, 1.807) is 11.9 Å². The number of benzene rings is 3. The van der Waals surface area contributed by atoms with Gasteiger partial charge in [0.2, 0.25) is 5.91 Å². The lowest BCUT2D eigenvalue weighted by atomic mass is 10.0. The van der Waals surface area contributed by atoms with E-state index in [0.717, 1.165) is 26.7 Å². The predicted octanol–water partition coefficient (Wildman–Crippen LogP) is 4.83. The zero-order valence-electron chi connectivity index (χ0n) is 19.2. The number of halogens is 1. The quantitative estimate of drug-likeness (QED) is 0.450. The standard InChI is InChI=1S/C27H29BrN2O3/c1-19-12-13-24(14-20(19)2)33-18-26(31)30(17-22-10-7-11-23(28)15-22)25(27(32)29-3)16-21-8-5-4-6-9-21/h4-15,25H,16-18H2,1-3H3,(H,29,32)/t25-/m1/s1. The van der Waals surface area contributed by atoms with Crippen molar-refractivity contribution in [2.45, 2.75) is 32.9 Å². The van der Waals surface area contributed by atoms with E-state index >= 15 is 0 Å². The number of hydrogen-bond acceptors (Lipinski definition) is 3. The average Bonchev–Trinajstić information content (AvgIpc) is 2.82. The van der Waals surface area contributed by atoms with Crippen LogP contribution in [0.25, 0.3) is 0 Å². The van der Waals surface area contributed by atoms with Crippen LogP contribution in [-0.2, 0) is 22.6 Å². The molecular formula is C27H29BrN2O3. The van der Waals surface area contributed by atoms with Crippen LogP contribution in [0.15, 0.2) is 77.3 Å². The van der Waals surface area contributed by atoms with Crippen molar-refractivity contribution >= 4 is 27.7 Å². The molecule has 0 bridgehead atoms. The lowest BCUT2D eigenvalue weighted by Gasteiger charge is -2.31. The van der Waals surface area contributed by atoms with Crippen molar-refractivity contribution < 1.29 is 14.3 Å². The minimum Gasteiger partial charge on any atom is -0.484 e. The first kappa shape index (κ1) is 24.5. The number of nitrogens with zero attached hydrogens (tertiary/aromatic N) is 1. The Balaban J connectivity index is 1.87.